The van der Waals surface area contributed by atoms with Crippen molar-refractivity contribution in [1.29, 1.82) is 0 Å². The molecule has 2 aliphatic heterocycles. The predicted octanol–water partition coefficient (Wildman–Crippen LogP) is 5.13. The summed E-state index contributed by atoms with van der Waals surface area (Å²) >= 11 is 0. The minimum absolute atomic E-state index is 0.0308. The van der Waals surface area contributed by atoms with Gasteiger partial charge in [0.1, 0.15) is 40.7 Å². The molecule has 0 unspecified atom stereocenters. The highest BCUT2D eigenvalue weighted by Crippen LogP contribution is 2.39. The monoisotopic (exact) mass is 596 g/mol. The van der Waals surface area contributed by atoms with E-state index in [9.17, 15) is 9.50 Å². The first-order chi connectivity index (χ1) is 21.3. The number of nitrogens with zero attached hydrogens (tertiary/aromatic N) is 6. The van der Waals surface area contributed by atoms with Crippen molar-refractivity contribution in [2.45, 2.75) is 44.9 Å². The molecule has 0 amide bonds. The molecule has 2 fully saturated rings. The van der Waals surface area contributed by atoms with E-state index in [1.807, 2.05) is 26.2 Å². The quantitative estimate of drug-likeness (QED) is 0.243. The lowest BCUT2D eigenvalue weighted by Gasteiger charge is -2.34. The number of aromatic nitrogens is 6. The Morgan fingerprint density at radius 3 is 2.68 bits per heavy atom. The molecule has 2 aromatic carbocycles. The molecular formula is C32H30F2N8O2. The fourth-order valence-corrected chi connectivity index (χ4v) is 6.82. The Morgan fingerprint density at radius 2 is 1.91 bits per heavy atom. The Morgan fingerprint density at radius 1 is 1.09 bits per heavy atom. The van der Waals surface area contributed by atoms with Crippen LogP contribution in [0.15, 0.2) is 42.7 Å². The number of nitrogens with one attached hydrogen (secondary N) is 2. The first-order valence-electron chi connectivity index (χ1n) is 14.8. The van der Waals surface area contributed by atoms with Crippen molar-refractivity contribution >= 4 is 38.5 Å². The van der Waals surface area contributed by atoms with E-state index in [0.717, 1.165) is 42.7 Å². The highest BCUT2D eigenvalue weighted by molar-refractivity contribution is 6.01. The number of rotatable bonds is 6. The fraction of sp³-hybridized carbons (Fsp3) is 0.312. The van der Waals surface area contributed by atoms with Crippen molar-refractivity contribution in [2.75, 3.05) is 18.0 Å². The third-order valence-corrected chi connectivity index (χ3v) is 8.74. The molecule has 4 aromatic heterocycles. The van der Waals surface area contributed by atoms with Gasteiger partial charge in [0.05, 0.1) is 16.6 Å². The van der Waals surface area contributed by atoms with E-state index in [1.54, 1.807) is 23.0 Å². The van der Waals surface area contributed by atoms with Crippen molar-refractivity contribution in [2.24, 2.45) is 7.05 Å². The lowest BCUT2D eigenvalue weighted by Crippen LogP contribution is -2.51. The van der Waals surface area contributed by atoms with E-state index < -0.39 is 11.6 Å². The minimum Gasteiger partial charge on any atom is -0.508 e. The van der Waals surface area contributed by atoms with Gasteiger partial charge in [-0.05, 0) is 59.9 Å². The number of benzene rings is 2. The summed E-state index contributed by atoms with van der Waals surface area (Å²) in [6.45, 7) is 3.41. The highest BCUT2D eigenvalue weighted by atomic mass is 19.1. The number of halogens is 2. The summed E-state index contributed by atoms with van der Waals surface area (Å²) in [6, 6.07) is 8.48. The van der Waals surface area contributed by atoms with Crippen LogP contribution in [0.5, 0.6) is 11.8 Å². The van der Waals surface area contributed by atoms with Gasteiger partial charge in [0.15, 0.2) is 5.82 Å². The summed E-state index contributed by atoms with van der Waals surface area (Å²) in [6.07, 6.45) is 5.98. The first kappa shape index (κ1) is 26.8. The number of H-pyrrole nitrogens is 1. The van der Waals surface area contributed by atoms with Crippen molar-refractivity contribution in [3.05, 3.63) is 65.6 Å². The maximum atomic E-state index is 16.7. The van der Waals surface area contributed by atoms with Gasteiger partial charge in [0.2, 0.25) is 0 Å². The van der Waals surface area contributed by atoms with Gasteiger partial charge in [-0.3, -0.25) is 9.67 Å². The molecule has 0 radical (unpaired) electrons. The largest absolute Gasteiger partial charge is 0.508 e. The number of aromatic hydroxyl groups is 1. The minimum atomic E-state index is -0.692. The molecule has 0 saturated carbocycles. The number of fused-ring (bicyclic) bond motifs is 5. The highest BCUT2D eigenvalue weighted by Gasteiger charge is 2.34. The van der Waals surface area contributed by atoms with Gasteiger partial charge in [-0.2, -0.15) is 15.1 Å². The number of aryl methyl sites for hydroxylation is 2. The molecule has 10 nitrogen and oxygen atoms in total. The zero-order chi connectivity index (χ0) is 30.1. The SMILES string of the molecule is CCc1c(F)ccc2cc(O)cc(-c3ncc4c(N5C[C@H]6CC[C@@H](C5)N6)nc(OCc5cc6nn(C)cc6[nH]5)nc4c3F)c12. The molecule has 2 saturated heterocycles. The number of hydrogen-bond donors (Lipinski definition) is 3. The normalized spacial score (nSPS) is 18.2. The van der Waals surface area contributed by atoms with Crippen LogP contribution in [0.4, 0.5) is 14.6 Å². The van der Waals surface area contributed by atoms with Crippen LogP contribution in [0.25, 0.3) is 44.0 Å². The second-order valence-electron chi connectivity index (χ2n) is 11.7. The second-order valence-corrected chi connectivity index (χ2v) is 11.7. The van der Waals surface area contributed by atoms with Gasteiger partial charge in [0.25, 0.3) is 0 Å². The molecule has 12 heteroatoms. The molecule has 2 atom stereocenters. The predicted molar refractivity (Wildman–Crippen MR) is 163 cm³/mol. The molecule has 2 bridgehead atoms. The molecule has 44 heavy (non-hydrogen) atoms. The standard InChI is InChI=1S/C32H30F2N8O2/c1-3-21-24(33)7-4-16-8-20(43)10-22(27(16)21)29-28(34)30-23(11-35-29)31(42-12-17-5-6-18(13-42)36-17)39-32(38-30)44-15-19-9-25-26(37-19)14-41(2)40-25/h4,7-11,14,17-18,36-37,43H,3,5-6,12-13,15H2,1-2H3/t17-,18+. The molecule has 0 aliphatic carbocycles. The number of aromatic amines is 1. The van der Waals surface area contributed by atoms with E-state index in [1.165, 1.54) is 12.1 Å². The Labute approximate surface area is 250 Å². The Bertz CT molecular complexity index is 2050. The molecule has 6 heterocycles. The van der Waals surface area contributed by atoms with Gasteiger partial charge < -0.3 is 25.0 Å². The molecule has 8 rings (SSSR count). The smallest absolute Gasteiger partial charge is 0.319 e. The summed E-state index contributed by atoms with van der Waals surface area (Å²) < 4.78 is 39.4. The van der Waals surface area contributed by atoms with Crippen LogP contribution in [0, 0.1) is 11.6 Å². The first-order valence-corrected chi connectivity index (χ1v) is 14.8. The number of phenols is 1. The fourth-order valence-electron chi connectivity index (χ4n) is 6.82. The zero-order valence-electron chi connectivity index (χ0n) is 24.2. The lowest BCUT2D eigenvalue weighted by atomic mass is 9.94. The number of piperazine rings is 1. The lowest BCUT2D eigenvalue weighted by molar-refractivity contribution is 0.278. The van der Waals surface area contributed by atoms with E-state index in [-0.39, 0.29) is 29.6 Å². The molecule has 0 spiro atoms. The maximum Gasteiger partial charge on any atom is 0.319 e. The molecule has 224 valence electrons. The number of ether oxygens (including phenoxy) is 1. The van der Waals surface area contributed by atoms with Crippen LogP contribution in [0.1, 0.15) is 31.0 Å². The maximum absolute atomic E-state index is 16.7. The van der Waals surface area contributed by atoms with Crippen LogP contribution in [0.2, 0.25) is 0 Å². The molecule has 6 aromatic rings. The van der Waals surface area contributed by atoms with Crippen LogP contribution in [-0.2, 0) is 20.1 Å². The van der Waals surface area contributed by atoms with E-state index >= 15 is 4.39 Å². The van der Waals surface area contributed by atoms with Gasteiger partial charge in [-0.15, -0.1) is 0 Å². The Kier molecular flexibility index (Phi) is 6.16. The number of anilines is 1. The summed E-state index contributed by atoms with van der Waals surface area (Å²) in [4.78, 5) is 19.3. The average molecular weight is 597 g/mol. The number of phenolic OH excluding ortho intramolecular Hbond substituents is 1. The van der Waals surface area contributed by atoms with Crippen LogP contribution >= 0.6 is 0 Å². The Hall–Kier alpha value is -4.84. The van der Waals surface area contributed by atoms with Gasteiger partial charge in [-0.25, -0.2) is 8.78 Å². The summed E-state index contributed by atoms with van der Waals surface area (Å²) in [5, 5.41) is 20.1. The topological polar surface area (TPSA) is 117 Å². The van der Waals surface area contributed by atoms with Crippen LogP contribution in [-0.4, -0.2) is 60.0 Å². The van der Waals surface area contributed by atoms with Crippen LogP contribution < -0.4 is 15.0 Å². The van der Waals surface area contributed by atoms with E-state index in [4.69, 9.17) is 9.72 Å². The van der Waals surface area contributed by atoms with Crippen LogP contribution in [0.3, 0.4) is 0 Å². The van der Waals surface area contributed by atoms with Crippen molar-refractivity contribution < 1.29 is 18.6 Å². The zero-order valence-corrected chi connectivity index (χ0v) is 24.2. The summed E-state index contributed by atoms with van der Waals surface area (Å²) in [5.41, 5.74) is 3.21. The molecule has 3 N–H and O–H groups in total. The van der Waals surface area contributed by atoms with Crippen molar-refractivity contribution in [3.8, 4) is 23.0 Å². The summed E-state index contributed by atoms with van der Waals surface area (Å²) in [5.74, 6) is -0.600. The van der Waals surface area contributed by atoms with Crippen molar-refractivity contribution in [3.63, 3.8) is 0 Å². The molecule has 2 aliphatic rings. The van der Waals surface area contributed by atoms with Gasteiger partial charge in [0, 0.05) is 50.2 Å². The number of pyridine rings is 1. The third-order valence-electron chi connectivity index (χ3n) is 8.74. The van der Waals surface area contributed by atoms with Gasteiger partial charge >= 0.3 is 6.01 Å². The molecular weight excluding hydrogens is 566 g/mol. The van der Waals surface area contributed by atoms with E-state index in [2.05, 4.69) is 30.3 Å². The second kappa shape index (κ2) is 10.1. The average Bonchev–Trinajstić information content (AvgIpc) is 3.67. The Balaban J connectivity index is 1.27. The van der Waals surface area contributed by atoms with E-state index in [0.29, 0.717) is 51.6 Å². The summed E-state index contributed by atoms with van der Waals surface area (Å²) in [7, 11) is 1.85. The number of hydrogen-bond acceptors (Lipinski definition) is 8. The van der Waals surface area contributed by atoms with Gasteiger partial charge in [-0.1, -0.05) is 13.0 Å². The third kappa shape index (κ3) is 4.39. The van der Waals surface area contributed by atoms with Crippen molar-refractivity contribution in [1.82, 2.24) is 35.0 Å².